The molecule has 1 aliphatic rings. The van der Waals surface area contributed by atoms with Gasteiger partial charge in [0.1, 0.15) is 6.61 Å². The maximum absolute atomic E-state index is 11.8. The van der Waals surface area contributed by atoms with Gasteiger partial charge in [-0.1, -0.05) is 30.3 Å². The smallest absolute Gasteiger partial charge is 0.410 e. The zero-order valence-electron chi connectivity index (χ0n) is 10.7. The number of rotatable bonds is 3. The van der Waals surface area contributed by atoms with Crippen molar-refractivity contribution in [3.8, 4) is 0 Å². The summed E-state index contributed by atoms with van der Waals surface area (Å²) >= 11 is 0. The van der Waals surface area contributed by atoms with E-state index in [1.165, 1.54) is 0 Å². The van der Waals surface area contributed by atoms with Gasteiger partial charge in [-0.15, -0.1) is 0 Å². The SMILES string of the molecule is C[C@H](N)[C@@H]1CCN(C(=O)OCc2ccccc2)C1. The van der Waals surface area contributed by atoms with E-state index in [1.54, 1.807) is 4.90 Å². The molecule has 1 aliphatic heterocycles. The highest BCUT2D eigenvalue weighted by molar-refractivity contribution is 5.68. The van der Waals surface area contributed by atoms with E-state index in [4.69, 9.17) is 10.5 Å². The van der Waals surface area contributed by atoms with Gasteiger partial charge in [0.25, 0.3) is 0 Å². The first kappa shape index (κ1) is 12.9. The van der Waals surface area contributed by atoms with Gasteiger partial charge < -0.3 is 15.4 Å². The van der Waals surface area contributed by atoms with Crippen LogP contribution in [-0.4, -0.2) is 30.1 Å². The monoisotopic (exact) mass is 248 g/mol. The van der Waals surface area contributed by atoms with Crippen LogP contribution in [0.25, 0.3) is 0 Å². The molecule has 1 saturated heterocycles. The third-order valence-corrected chi connectivity index (χ3v) is 3.43. The molecule has 0 aliphatic carbocycles. The largest absolute Gasteiger partial charge is 0.445 e. The molecule has 0 radical (unpaired) electrons. The number of ether oxygens (including phenoxy) is 1. The number of carbonyl (C=O) groups excluding carboxylic acids is 1. The molecule has 98 valence electrons. The van der Waals surface area contributed by atoms with E-state index in [1.807, 2.05) is 37.3 Å². The van der Waals surface area contributed by atoms with Crippen molar-refractivity contribution in [2.24, 2.45) is 11.7 Å². The van der Waals surface area contributed by atoms with Crippen LogP contribution in [0.3, 0.4) is 0 Å². The molecule has 1 aromatic carbocycles. The highest BCUT2D eigenvalue weighted by Gasteiger charge is 2.29. The molecule has 0 spiro atoms. The molecule has 1 aromatic rings. The predicted octanol–water partition coefficient (Wildman–Crippen LogP) is 1.99. The number of carbonyl (C=O) groups is 1. The normalized spacial score (nSPS) is 20.8. The van der Waals surface area contributed by atoms with E-state index in [0.717, 1.165) is 18.5 Å². The van der Waals surface area contributed by atoms with Gasteiger partial charge in [0.2, 0.25) is 0 Å². The Morgan fingerprint density at radius 3 is 2.83 bits per heavy atom. The zero-order chi connectivity index (χ0) is 13.0. The summed E-state index contributed by atoms with van der Waals surface area (Å²) in [5, 5.41) is 0. The lowest BCUT2D eigenvalue weighted by Crippen LogP contribution is -2.33. The van der Waals surface area contributed by atoms with Crippen LogP contribution in [0.5, 0.6) is 0 Å². The van der Waals surface area contributed by atoms with Crippen LogP contribution < -0.4 is 5.73 Å². The minimum atomic E-state index is -0.234. The minimum Gasteiger partial charge on any atom is -0.445 e. The number of likely N-dealkylation sites (tertiary alicyclic amines) is 1. The Bertz CT molecular complexity index is 392. The van der Waals surface area contributed by atoms with E-state index in [2.05, 4.69) is 0 Å². The first-order chi connectivity index (χ1) is 8.66. The van der Waals surface area contributed by atoms with Gasteiger partial charge in [0, 0.05) is 19.1 Å². The fraction of sp³-hybridized carbons (Fsp3) is 0.500. The van der Waals surface area contributed by atoms with Crippen LogP contribution in [0.2, 0.25) is 0 Å². The van der Waals surface area contributed by atoms with Crippen molar-refractivity contribution in [2.75, 3.05) is 13.1 Å². The molecule has 4 nitrogen and oxygen atoms in total. The van der Waals surface area contributed by atoms with Crippen molar-refractivity contribution >= 4 is 6.09 Å². The lowest BCUT2D eigenvalue weighted by atomic mass is 10.0. The second kappa shape index (κ2) is 5.87. The van der Waals surface area contributed by atoms with E-state index in [-0.39, 0.29) is 12.1 Å². The van der Waals surface area contributed by atoms with Gasteiger partial charge in [-0.3, -0.25) is 0 Å². The number of nitrogens with zero attached hydrogens (tertiary/aromatic N) is 1. The summed E-state index contributed by atoms with van der Waals surface area (Å²) in [6.45, 7) is 3.79. The fourth-order valence-corrected chi connectivity index (χ4v) is 2.19. The Morgan fingerprint density at radius 1 is 1.50 bits per heavy atom. The van der Waals surface area contributed by atoms with Crippen molar-refractivity contribution in [1.29, 1.82) is 0 Å². The molecule has 18 heavy (non-hydrogen) atoms. The zero-order valence-corrected chi connectivity index (χ0v) is 10.7. The molecule has 1 amide bonds. The third kappa shape index (κ3) is 3.23. The molecule has 0 aromatic heterocycles. The summed E-state index contributed by atoms with van der Waals surface area (Å²) in [6, 6.07) is 9.84. The van der Waals surface area contributed by atoms with Gasteiger partial charge in [-0.2, -0.15) is 0 Å². The van der Waals surface area contributed by atoms with Crippen LogP contribution in [0.1, 0.15) is 18.9 Å². The Kier molecular flexibility index (Phi) is 4.20. The Morgan fingerprint density at radius 2 is 2.22 bits per heavy atom. The number of hydrogen-bond acceptors (Lipinski definition) is 3. The molecule has 1 fully saturated rings. The van der Waals surface area contributed by atoms with Crippen LogP contribution in [0.4, 0.5) is 4.79 Å². The second-order valence-electron chi connectivity index (χ2n) is 4.89. The van der Waals surface area contributed by atoms with Crippen molar-refractivity contribution in [1.82, 2.24) is 4.90 Å². The van der Waals surface area contributed by atoms with E-state index in [0.29, 0.717) is 19.1 Å². The Hall–Kier alpha value is -1.55. The van der Waals surface area contributed by atoms with Crippen molar-refractivity contribution in [2.45, 2.75) is 26.0 Å². The second-order valence-corrected chi connectivity index (χ2v) is 4.89. The first-order valence-electron chi connectivity index (χ1n) is 6.38. The summed E-state index contributed by atoms with van der Waals surface area (Å²) in [4.78, 5) is 13.6. The summed E-state index contributed by atoms with van der Waals surface area (Å²) in [5.74, 6) is 0.397. The predicted molar refractivity (Wildman–Crippen MR) is 70.0 cm³/mol. The van der Waals surface area contributed by atoms with Crippen LogP contribution in [0, 0.1) is 5.92 Å². The van der Waals surface area contributed by atoms with Crippen molar-refractivity contribution < 1.29 is 9.53 Å². The molecule has 0 saturated carbocycles. The van der Waals surface area contributed by atoms with Gasteiger partial charge in [-0.05, 0) is 24.8 Å². The van der Waals surface area contributed by atoms with Gasteiger partial charge in [0.15, 0.2) is 0 Å². The topological polar surface area (TPSA) is 55.6 Å². The third-order valence-electron chi connectivity index (χ3n) is 3.43. The lowest BCUT2D eigenvalue weighted by molar-refractivity contribution is 0.103. The summed E-state index contributed by atoms with van der Waals surface area (Å²) < 4.78 is 5.29. The number of hydrogen-bond donors (Lipinski definition) is 1. The molecule has 0 bridgehead atoms. The molecular weight excluding hydrogens is 228 g/mol. The maximum atomic E-state index is 11.8. The number of amides is 1. The summed E-state index contributed by atoms with van der Waals surface area (Å²) in [6.07, 6.45) is 0.736. The van der Waals surface area contributed by atoms with Gasteiger partial charge >= 0.3 is 6.09 Å². The summed E-state index contributed by atoms with van der Waals surface area (Å²) in [5.41, 5.74) is 6.85. The fourth-order valence-electron chi connectivity index (χ4n) is 2.19. The molecular formula is C14H20N2O2. The highest BCUT2D eigenvalue weighted by Crippen LogP contribution is 2.19. The van der Waals surface area contributed by atoms with Gasteiger partial charge in [0.05, 0.1) is 0 Å². The maximum Gasteiger partial charge on any atom is 0.410 e. The lowest BCUT2D eigenvalue weighted by Gasteiger charge is -2.17. The molecule has 2 rings (SSSR count). The van der Waals surface area contributed by atoms with Crippen LogP contribution in [0.15, 0.2) is 30.3 Å². The molecule has 2 atom stereocenters. The Labute approximate surface area is 108 Å². The van der Waals surface area contributed by atoms with Gasteiger partial charge in [-0.25, -0.2) is 4.79 Å². The average molecular weight is 248 g/mol. The van der Waals surface area contributed by atoms with Crippen LogP contribution in [-0.2, 0) is 11.3 Å². The quantitative estimate of drug-likeness (QED) is 0.890. The van der Waals surface area contributed by atoms with E-state index >= 15 is 0 Å². The Balaban J connectivity index is 1.79. The van der Waals surface area contributed by atoms with Crippen molar-refractivity contribution in [3.05, 3.63) is 35.9 Å². The molecule has 4 heteroatoms. The summed E-state index contributed by atoms with van der Waals surface area (Å²) in [7, 11) is 0. The molecule has 1 heterocycles. The molecule has 0 unspecified atom stereocenters. The highest BCUT2D eigenvalue weighted by atomic mass is 16.6. The van der Waals surface area contributed by atoms with Crippen molar-refractivity contribution in [3.63, 3.8) is 0 Å². The minimum absolute atomic E-state index is 0.136. The number of nitrogens with two attached hydrogens (primary N) is 1. The average Bonchev–Trinajstić information content (AvgIpc) is 2.87. The van der Waals surface area contributed by atoms with E-state index < -0.39 is 0 Å². The number of benzene rings is 1. The molecule has 2 N–H and O–H groups in total. The standard InChI is InChI=1S/C14H20N2O2/c1-11(15)13-7-8-16(9-13)14(17)18-10-12-5-3-2-4-6-12/h2-6,11,13H,7-10,15H2,1H3/t11-,13+/m0/s1. The van der Waals surface area contributed by atoms with Crippen LogP contribution >= 0.6 is 0 Å². The first-order valence-corrected chi connectivity index (χ1v) is 6.38. The van der Waals surface area contributed by atoms with E-state index in [9.17, 15) is 4.79 Å².